The molecule has 3 nitrogen and oxygen atoms in total. The maximum absolute atomic E-state index is 9.19. The van der Waals surface area contributed by atoms with Crippen LogP contribution in [0.25, 0.3) is 0 Å². The molecule has 1 saturated carbocycles. The van der Waals surface area contributed by atoms with Crippen molar-refractivity contribution in [3.63, 3.8) is 0 Å². The number of nitrogens with one attached hydrogen (secondary N) is 1. The molecule has 1 aromatic rings. The number of aliphatic hydroxyl groups is 1. The Balaban J connectivity index is 1.84. The first kappa shape index (κ1) is 9.12. The van der Waals surface area contributed by atoms with E-state index in [4.69, 9.17) is 0 Å². The van der Waals surface area contributed by atoms with Gasteiger partial charge >= 0.3 is 0 Å². The van der Waals surface area contributed by atoms with E-state index in [2.05, 4.69) is 10.3 Å². The average molecular weight is 198 g/mol. The number of rotatable bonds is 4. The van der Waals surface area contributed by atoms with Gasteiger partial charge in [0.15, 0.2) is 0 Å². The minimum absolute atomic E-state index is 0.00563. The predicted octanol–water partition coefficient (Wildman–Crippen LogP) is 1.15. The van der Waals surface area contributed by atoms with Crippen LogP contribution in [0.1, 0.15) is 24.3 Å². The summed E-state index contributed by atoms with van der Waals surface area (Å²) in [7, 11) is 0. The molecule has 72 valence electrons. The lowest BCUT2D eigenvalue weighted by molar-refractivity contribution is 0.0872. The highest BCUT2D eigenvalue weighted by Crippen LogP contribution is 2.31. The quantitative estimate of drug-likeness (QED) is 0.763. The van der Waals surface area contributed by atoms with E-state index in [-0.39, 0.29) is 12.1 Å². The molecule has 4 heteroatoms. The number of hydrogen-bond acceptors (Lipinski definition) is 4. The van der Waals surface area contributed by atoms with Crippen molar-refractivity contribution in [3.05, 3.63) is 16.6 Å². The van der Waals surface area contributed by atoms with E-state index in [1.165, 1.54) is 6.42 Å². The van der Waals surface area contributed by atoms with Crippen molar-refractivity contribution in [1.82, 2.24) is 10.3 Å². The fraction of sp³-hybridized carbons (Fsp3) is 0.667. The van der Waals surface area contributed by atoms with E-state index in [0.29, 0.717) is 0 Å². The van der Waals surface area contributed by atoms with Crippen molar-refractivity contribution in [2.75, 3.05) is 6.61 Å². The lowest BCUT2D eigenvalue weighted by atomic mass is 9.77. The van der Waals surface area contributed by atoms with Gasteiger partial charge in [0.2, 0.25) is 0 Å². The second-order valence-corrected chi connectivity index (χ2v) is 4.55. The summed E-state index contributed by atoms with van der Waals surface area (Å²) in [6.07, 6.45) is 5.23. The van der Waals surface area contributed by atoms with Gasteiger partial charge in [-0.1, -0.05) is 0 Å². The van der Waals surface area contributed by atoms with Gasteiger partial charge in [0.1, 0.15) is 5.01 Å². The summed E-state index contributed by atoms with van der Waals surface area (Å²) in [4.78, 5) is 4.19. The molecule has 0 radical (unpaired) electrons. The summed E-state index contributed by atoms with van der Waals surface area (Å²) in [5.41, 5.74) is 0.00563. The summed E-state index contributed by atoms with van der Waals surface area (Å²) in [6, 6.07) is 0. The average Bonchev–Trinajstić information content (AvgIpc) is 2.56. The van der Waals surface area contributed by atoms with Crippen LogP contribution in [0.2, 0.25) is 0 Å². The highest BCUT2D eigenvalue weighted by Gasteiger charge is 2.35. The van der Waals surface area contributed by atoms with Crippen LogP contribution in [0.4, 0.5) is 0 Å². The third-order valence-corrected chi connectivity index (χ3v) is 3.49. The third kappa shape index (κ3) is 1.90. The molecule has 0 atom stereocenters. The van der Waals surface area contributed by atoms with Crippen LogP contribution in [0.5, 0.6) is 0 Å². The predicted molar refractivity (Wildman–Crippen MR) is 52.6 cm³/mol. The van der Waals surface area contributed by atoms with Crippen molar-refractivity contribution in [3.8, 4) is 0 Å². The fourth-order valence-electron chi connectivity index (χ4n) is 1.60. The van der Waals surface area contributed by atoms with E-state index in [9.17, 15) is 5.11 Å². The molecular weight excluding hydrogens is 184 g/mol. The summed E-state index contributed by atoms with van der Waals surface area (Å²) < 4.78 is 0. The van der Waals surface area contributed by atoms with E-state index in [1.807, 2.05) is 11.6 Å². The van der Waals surface area contributed by atoms with Crippen LogP contribution in [0.3, 0.4) is 0 Å². The van der Waals surface area contributed by atoms with Gasteiger partial charge in [-0.05, 0) is 19.3 Å². The molecule has 1 aromatic heterocycles. The normalized spacial score (nSPS) is 19.8. The van der Waals surface area contributed by atoms with Gasteiger partial charge in [0, 0.05) is 23.7 Å². The van der Waals surface area contributed by atoms with Gasteiger partial charge in [-0.15, -0.1) is 11.3 Å². The monoisotopic (exact) mass is 198 g/mol. The second kappa shape index (κ2) is 3.74. The molecule has 0 aliphatic heterocycles. The van der Waals surface area contributed by atoms with Crippen molar-refractivity contribution in [2.24, 2.45) is 0 Å². The molecule has 1 fully saturated rings. The van der Waals surface area contributed by atoms with E-state index in [0.717, 1.165) is 24.4 Å². The number of aromatic nitrogens is 1. The van der Waals surface area contributed by atoms with Gasteiger partial charge in [-0.3, -0.25) is 0 Å². The summed E-state index contributed by atoms with van der Waals surface area (Å²) in [6.45, 7) is 1.04. The van der Waals surface area contributed by atoms with E-state index >= 15 is 0 Å². The van der Waals surface area contributed by atoms with Crippen molar-refractivity contribution < 1.29 is 5.11 Å². The smallest absolute Gasteiger partial charge is 0.106 e. The highest BCUT2D eigenvalue weighted by atomic mass is 32.1. The molecule has 2 N–H and O–H groups in total. The Morgan fingerprint density at radius 2 is 2.46 bits per heavy atom. The van der Waals surface area contributed by atoms with Crippen molar-refractivity contribution >= 4 is 11.3 Å². The molecule has 1 aliphatic rings. The minimum Gasteiger partial charge on any atom is -0.394 e. The standard InChI is InChI=1S/C9H14N2OS/c12-7-9(2-1-3-9)11-6-8-10-4-5-13-8/h4-5,11-12H,1-3,6-7H2. The zero-order chi connectivity index (χ0) is 9.15. The highest BCUT2D eigenvalue weighted by molar-refractivity contribution is 7.09. The van der Waals surface area contributed by atoms with E-state index in [1.54, 1.807) is 11.3 Å². The second-order valence-electron chi connectivity index (χ2n) is 3.57. The first-order valence-electron chi connectivity index (χ1n) is 4.59. The molecule has 1 heterocycles. The van der Waals surface area contributed by atoms with Gasteiger partial charge in [0.05, 0.1) is 6.61 Å². The van der Waals surface area contributed by atoms with Crippen LogP contribution >= 0.6 is 11.3 Å². The first-order valence-corrected chi connectivity index (χ1v) is 5.47. The third-order valence-electron chi connectivity index (χ3n) is 2.71. The van der Waals surface area contributed by atoms with Gasteiger partial charge in [-0.2, -0.15) is 0 Å². The number of nitrogens with zero attached hydrogens (tertiary/aromatic N) is 1. The molecule has 0 saturated heterocycles. The molecule has 2 rings (SSSR count). The molecule has 0 spiro atoms. The van der Waals surface area contributed by atoms with Crippen molar-refractivity contribution in [2.45, 2.75) is 31.3 Å². The first-order chi connectivity index (χ1) is 6.35. The van der Waals surface area contributed by atoms with Crippen LogP contribution in [-0.4, -0.2) is 22.2 Å². The molecule has 0 amide bonds. The van der Waals surface area contributed by atoms with Gasteiger partial charge < -0.3 is 10.4 Å². The largest absolute Gasteiger partial charge is 0.394 e. The Hall–Kier alpha value is -0.450. The topological polar surface area (TPSA) is 45.1 Å². The zero-order valence-electron chi connectivity index (χ0n) is 7.49. The number of aliphatic hydroxyl groups excluding tert-OH is 1. The SMILES string of the molecule is OCC1(NCc2nccs2)CCC1. The van der Waals surface area contributed by atoms with Crippen LogP contribution < -0.4 is 5.32 Å². The molecular formula is C9H14N2OS. The Morgan fingerprint density at radius 1 is 1.62 bits per heavy atom. The Bertz CT molecular complexity index is 251. The molecule has 0 unspecified atom stereocenters. The molecule has 0 aromatic carbocycles. The molecule has 13 heavy (non-hydrogen) atoms. The minimum atomic E-state index is 0.00563. The fourth-order valence-corrected chi connectivity index (χ4v) is 2.15. The van der Waals surface area contributed by atoms with Crippen LogP contribution in [0.15, 0.2) is 11.6 Å². The van der Waals surface area contributed by atoms with Crippen LogP contribution in [-0.2, 0) is 6.54 Å². The molecule has 1 aliphatic carbocycles. The van der Waals surface area contributed by atoms with Gasteiger partial charge in [0.25, 0.3) is 0 Å². The lowest BCUT2D eigenvalue weighted by Gasteiger charge is -2.41. The van der Waals surface area contributed by atoms with Crippen molar-refractivity contribution in [1.29, 1.82) is 0 Å². The Kier molecular flexibility index (Phi) is 2.62. The number of hydrogen-bond donors (Lipinski definition) is 2. The maximum Gasteiger partial charge on any atom is 0.106 e. The summed E-state index contributed by atoms with van der Waals surface area (Å²) in [5.74, 6) is 0. The van der Waals surface area contributed by atoms with Crippen LogP contribution in [0, 0.1) is 0 Å². The maximum atomic E-state index is 9.19. The summed E-state index contributed by atoms with van der Waals surface area (Å²) in [5, 5.41) is 15.6. The van der Waals surface area contributed by atoms with Gasteiger partial charge in [-0.25, -0.2) is 4.98 Å². The Labute approximate surface area is 81.8 Å². The molecule has 0 bridgehead atoms. The number of thiazole rings is 1. The Morgan fingerprint density at radius 3 is 2.92 bits per heavy atom. The summed E-state index contributed by atoms with van der Waals surface area (Å²) >= 11 is 1.65. The van der Waals surface area contributed by atoms with E-state index < -0.39 is 0 Å². The zero-order valence-corrected chi connectivity index (χ0v) is 8.31. The lowest BCUT2D eigenvalue weighted by Crippen LogP contribution is -2.53.